The van der Waals surface area contributed by atoms with Crippen LogP contribution < -0.4 is 55.1 Å². The molecule has 4 N–H and O–H groups in total. The van der Waals surface area contributed by atoms with Gasteiger partial charge in [-0.3, -0.25) is 48.2 Å². The topological polar surface area (TPSA) is 303 Å². The summed E-state index contributed by atoms with van der Waals surface area (Å²) in [5.74, 6) is -0.171. The maximum atomic E-state index is 14.1. The minimum Gasteiger partial charge on any atom is -0.508 e. The molecule has 0 aliphatic carbocycles. The summed E-state index contributed by atoms with van der Waals surface area (Å²) in [7, 11) is 1.48. The maximum absolute atomic E-state index is 14.1. The number of thiazole rings is 2. The van der Waals surface area contributed by atoms with Crippen LogP contribution in [0.4, 0.5) is 34.1 Å². The monoisotopic (exact) mass is 1930 g/mol. The third-order valence-electron chi connectivity index (χ3n) is 23.8. The predicted octanol–water partition coefficient (Wildman–Crippen LogP) is 17.2. The molecule has 0 saturated carbocycles. The van der Waals surface area contributed by atoms with E-state index in [9.17, 15) is 38.4 Å². The van der Waals surface area contributed by atoms with Crippen LogP contribution in [0.5, 0.6) is 17.2 Å². The lowest BCUT2D eigenvalue weighted by Gasteiger charge is -2.35. The SMILES string of the molecule is [C-]#[N+]c1ccc(N2C(=O)C(C)(C)N(c3ccc(OCCCCOCCCOCC(=O)N[C@H](C(=O)N4C[C@H](C)C[C@H]4C(=O)NCc4ccc(-c5scnc5C)cc4)C(C)(C)C)cc3)C2=S)cc1Cl.[C-]#[N+]c1ccc(N2C(=O)C(C)(C)N(c3ccc(OCCCCOCCCOCC(=O)N[C@H](C(=O)N4C[C@H](C)C[C@H]4C(=O)NCc4ccc(-c5scnc5C)cc4)C(C)(C)C)cc3)C2=S)cc1OC. The van der Waals surface area contributed by atoms with Crippen LogP contribution in [0.3, 0.4) is 0 Å². The number of thiocarbonyl (C=S) groups is 2. The summed E-state index contributed by atoms with van der Waals surface area (Å²) in [5, 5.41) is 12.8. The molecule has 8 aromatic rings. The Morgan fingerprint density at radius 1 is 0.511 bits per heavy atom. The normalized spacial score (nSPS) is 17.3. The highest BCUT2D eigenvalue weighted by molar-refractivity contribution is 7.81. The first-order valence-electron chi connectivity index (χ1n) is 45.5. The molecule has 8 amide bonds. The zero-order chi connectivity index (χ0) is 97.6. The molecule has 2 aromatic heterocycles. The van der Waals surface area contributed by atoms with Gasteiger partial charge in [-0.15, -0.1) is 22.7 Å². The van der Waals surface area contributed by atoms with E-state index in [-0.39, 0.29) is 65.5 Å². The number of ether oxygens (including phenoxy) is 7. The van der Waals surface area contributed by atoms with Gasteiger partial charge in [0.2, 0.25) is 46.8 Å². The van der Waals surface area contributed by atoms with E-state index in [2.05, 4.69) is 40.9 Å². The molecule has 12 rings (SSSR count). The number of carbonyl (C=O) groups is 8. The molecule has 4 aliphatic rings. The lowest BCUT2D eigenvalue weighted by atomic mass is 9.85. The Labute approximate surface area is 815 Å². The Bertz CT molecular complexity index is 5590. The number of hydrogen-bond donors (Lipinski definition) is 4. The van der Waals surface area contributed by atoms with E-state index in [1.807, 2.05) is 210 Å². The number of rotatable bonds is 41. The van der Waals surface area contributed by atoms with Crippen LogP contribution in [-0.4, -0.2) is 199 Å². The van der Waals surface area contributed by atoms with Crippen LogP contribution >= 0.6 is 58.7 Å². The number of unbranched alkanes of at least 4 members (excludes halogenated alkanes) is 2. The number of benzene rings is 6. The van der Waals surface area contributed by atoms with Gasteiger partial charge in [0.05, 0.1) is 77.0 Å². The Morgan fingerprint density at radius 2 is 0.874 bits per heavy atom. The van der Waals surface area contributed by atoms with Crippen molar-refractivity contribution in [1.29, 1.82) is 0 Å². The smallest absolute Gasteiger partial charge is 0.259 e. The van der Waals surface area contributed by atoms with Crippen molar-refractivity contribution in [2.75, 3.05) is 106 Å². The summed E-state index contributed by atoms with van der Waals surface area (Å²) in [6.45, 7) is 46.1. The molecule has 6 aromatic carbocycles. The van der Waals surface area contributed by atoms with Gasteiger partial charge in [0, 0.05) is 82.2 Å². The number of halogens is 1. The van der Waals surface area contributed by atoms with Gasteiger partial charge in [0.25, 0.3) is 11.8 Å². The van der Waals surface area contributed by atoms with E-state index in [1.54, 1.807) is 73.8 Å². The second kappa shape index (κ2) is 47.4. The van der Waals surface area contributed by atoms with E-state index in [4.69, 9.17) is 82.3 Å². The van der Waals surface area contributed by atoms with Crippen molar-refractivity contribution in [3.63, 3.8) is 0 Å². The molecule has 4 saturated heterocycles. The quantitative estimate of drug-likeness (QED) is 0.0157. The minimum absolute atomic E-state index is 0.129. The number of aromatic nitrogens is 2. The minimum atomic E-state index is -0.957. The Balaban J connectivity index is 0.000000260. The fourth-order valence-electron chi connectivity index (χ4n) is 16.4. The van der Waals surface area contributed by atoms with E-state index in [0.29, 0.717) is 155 Å². The molecule has 6 heterocycles. The van der Waals surface area contributed by atoms with E-state index < -0.39 is 57.9 Å². The van der Waals surface area contributed by atoms with Crippen molar-refractivity contribution in [2.45, 2.75) is 197 Å². The summed E-state index contributed by atoms with van der Waals surface area (Å²) < 4.78 is 40.1. The first-order valence-corrected chi connectivity index (χ1v) is 48.4. The van der Waals surface area contributed by atoms with Crippen LogP contribution in [0.15, 0.2) is 144 Å². The fourth-order valence-corrected chi connectivity index (χ4v) is 19.3. The van der Waals surface area contributed by atoms with Gasteiger partial charge in [-0.2, -0.15) is 0 Å². The number of likely N-dealkylation sites (tertiary alicyclic amines) is 2. The van der Waals surface area contributed by atoms with Crippen molar-refractivity contribution in [2.24, 2.45) is 22.7 Å². The van der Waals surface area contributed by atoms with Crippen LogP contribution in [0, 0.1) is 49.7 Å². The number of amides is 8. The number of carbonyl (C=O) groups excluding carboxylic acids is 8. The highest BCUT2D eigenvalue weighted by Gasteiger charge is 2.53. The van der Waals surface area contributed by atoms with Gasteiger partial charge in [-0.05, 0) is 235 Å². The summed E-state index contributed by atoms with van der Waals surface area (Å²) in [5.41, 5.74) is 9.74. The largest absolute Gasteiger partial charge is 0.508 e. The van der Waals surface area contributed by atoms with Crippen molar-refractivity contribution in [1.82, 2.24) is 41.0 Å². The molecular formula is C101H123ClN14O15S4. The van der Waals surface area contributed by atoms with Crippen molar-refractivity contribution in [3.05, 3.63) is 195 Å². The maximum Gasteiger partial charge on any atom is 0.259 e. The third-order valence-corrected chi connectivity index (χ3v) is 26.8. The Kier molecular flexibility index (Phi) is 36.6. The van der Waals surface area contributed by atoms with Gasteiger partial charge in [0.15, 0.2) is 10.2 Å². The number of nitrogens with zero attached hydrogens (tertiary/aromatic N) is 10. The molecule has 4 aliphatic heterocycles. The molecule has 29 nitrogen and oxygen atoms in total. The zero-order valence-corrected chi connectivity index (χ0v) is 83.5. The second-order valence-corrected chi connectivity index (χ2v) is 40.1. The molecule has 4 fully saturated rings. The molecule has 0 spiro atoms. The molecule has 0 unspecified atom stereocenters. The van der Waals surface area contributed by atoms with Crippen LogP contribution in [0.2, 0.25) is 5.02 Å². The first-order chi connectivity index (χ1) is 64.3. The highest BCUT2D eigenvalue weighted by atomic mass is 35.5. The summed E-state index contributed by atoms with van der Waals surface area (Å²) in [6, 6.07) is 37.8. The Morgan fingerprint density at radius 3 is 1.24 bits per heavy atom. The molecule has 0 bridgehead atoms. The molecule has 6 atom stereocenters. The van der Waals surface area contributed by atoms with E-state index in [0.717, 1.165) is 80.5 Å². The zero-order valence-electron chi connectivity index (χ0n) is 79.5. The average Bonchev–Trinajstić information content (AvgIpc) is 1.59. The standard InChI is InChI=1S/C51H63N7O8S2.C50H60ClN7O7S2/c1-33-27-41(46(60)53-29-35-13-15-36(16-14-35)44-34(2)54-32-68-44)56(30-33)47(61)45(50(3,4)5)55-43(59)31-65-25-12-24-64-23-10-11-26-66-39-20-17-37(18-21-39)58-49(67)57(48(62)51(58,6)7)38-19-22-40(52-8)42(28-38)63-9;1-32-26-41(45(60)53-28-34-12-14-35(15-13-34)43-33(2)54-31-67-43)56(29-32)46(61)44(49(3,4)5)55-42(59)30-64-24-11-23-63-22-9-10-25-65-38-19-16-36(17-20-38)58-48(66)57(47(62)50(58,6)7)37-18-21-40(52-8)39(51)27-37/h13-22,28,32-33,41,45H,10-12,23-27,29-31H2,1-7,9H3,(H,53,60)(H,55,59);12-21,27,31-32,41,44H,9-11,22-26,28-30H2,1-7H3,(H,53,60)(H,55,59)/t33-,41+,45-;32-,41+,44-/m11/s1. The number of hydrogen-bond acceptors (Lipinski definition) is 21. The number of nitrogens with one attached hydrogen (secondary N) is 4. The highest BCUT2D eigenvalue weighted by Crippen LogP contribution is 2.43. The molecule has 34 heteroatoms. The number of anilines is 4. The van der Waals surface area contributed by atoms with Crippen molar-refractivity contribution in [3.8, 4) is 38.1 Å². The molecule has 135 heavy (non-hydrogen) atoms. The van der Waals surface area contributed by atoms with Gasteiger partial charge >= 0.3 is 0 Å². The van der Waals surface area contributed by atoms with Crippen LogP contribution in [0.25, 0.3) is 30.6 Å². The van der Waals surface area contributed by atoms with E-state index >= 15 is 0 Å². The molecular weight excluding hydrogens is 1810 g/mol. The molecule has 718 valence electrons. The van der Waals surface area contributed by atoms with Crippen LogP contribution in [0.1, 0.15) is 157 Å². The number of aryl methyl sites for hydroxylation is 2. The van der Waals surface area contributed by atoms with Gasteiger partial charge in [-0.25, -0.2) is 19.7 Å². The predicted molar refractivity (Wildman–Crippen MR) is 535 cm³/mol. The third kappa shape index (κ3) is 26.7. The first kappa shape index (κ1) is 104. The van der Waals surface area contributed by atoms with E-state index in [1.165, 1.54) is 16.9 Å². The second-order valence-electron chi connectivity index (χ2n) is 37.3. The lowest BCUT2D eigenvalue weighted by molar-refractivity contribution is -0.144. The van der Waals surface area contributed by atoms with Gasteiger partial charge in [0.1, 0.15) is 65.7 Å². The Hall–Kier alpha value is -11.4. The fraction of sp³-hybridized carbons (Fsp3) is 0.465. The van der Waals surface area contributed by atoms with Crippen molar-refractivity contribution >= 4 is 150 Å². The van der Waals surface area contributed by atoms with Gasteiger partial charge < -0.3 is 74.0 Å². The summed E-state index contributed by atoms with van der Waals surface area (Å²) in [4.78, 5) is 136. The molecule has 0 radical (unpaired) electrons. The summed E-state index contributed by atoms with van der Waals surface area (Å²) in [6.07, 6.45) is 5.41. The van der Waals surface area contributed by atoms with Gasteiger partial charge in [-0.1, -0.05) is 128 Å². The van der Waals surface area contributed by atoms with Crippen LogP contribution in [-0.2, 0) is 70.4 Å². The summed E-state index contributed by atoms with van der Waals surface area (Å²) >= 11 is 21.0. The lowest BCUT2D eigenvalue weighted by Crippen LogP contribution is -2.58. The number of methoxy groups -OCH3 is 1. The average molecular weight is 1940 g/mol. The van der Waals surface area contributed by atoms with Crippen molar-refractivity contribution < 1.29 is 71.5 Å².